The van der Waals surface area contributed by atoms with Gasteiger partial charge < -0.3 is 5.11 Å². The van der Waals surface area contributed by atoms with E-state index in [1.165, 1.54) is 0 Å². The Hall–Kier alpha value is -0.420. The Morgan fingerprint density at radius 2 is 2.31 bits per heavy atom. The normalized spacial score (nSPS) is 28.2. The summed E-state index contributed by atoms with van der Waals surface area (Å²) in [6.45, 7) is 0. The molecule has 0 spiro atoms. The molecule has 0 amide bonds. The molecule has 0 bridgehead atoms. The quantitative estimate of drug-likeness (QED) is 0.810. The van der Waals surface area contributed by atoms with E-state index in [-0.39, 0.29) is 12.0 Å². The van der Waals surface area contributed by atoms with Crippen molar-refractivity contribution in [3.8, 4) is 0 Å². The van der Waals surface area contributed by atoms with Gasteiger partial charge in [-0.1, -0.05) is 11.6 Å². The van der Waals surface area contributed by atoms with Crippen LogP contribution in [-0.2, 0) is 7.05 Å². The second-order valence-corrected chi connectivity index (χ2v) is 4.24. The maximum absolute atomic E-state index is 9.72. The number of aliphatic hydroxyl groups is 1. The number of aromatic nitrogens is 3. The fourth-order valence-corrected chi connectivity index (χ4v) is 2.61. The lowest BCUT2D eigenvalue weighted by Crippen LogP contribution is -2.15. The number of hydrogen-bond donors (Lipinski definition) is 1. The van der Waals surface area contributed by atoms with Crippen molar-refractivity contribution < 1.29 is 5.11 Å². The van der Waals surface area contributed by atoms with E-state index in [2.05, 4.69) is 26.2 Å². The molecule has 1 aromatic heterocycles. The summed E-state index contributed by atoms with van der Waals surface area (Å²) in [6, 6.07) is 0. The van der Waals surface area contributed by atoms with Crippen LogP contribution >= 0.6 is 15.9 Å². The second-order valence-electron chi connectivity index (χ2n) is 3.49. The van der Waals surface area contributed by atoms with Crippen molar-refractivity contribution in [3.05, 3.63) is 10.3 Å². The minimum atomic E-state index is -0.228. The first kappa shape index (κ1) is 9.15. The van der Waals surface area contributed by atoms with E-state index in [4.69, 9.17) is 0 Å². The third-order valence-electron chi connectivity index (χ3n) is 2.66. The monoisotopic (exact) mass is 245 g/mol. The number of hydrogen-bond acceptors (Lipinski definition) is 3. The van der Waals surface area contributed by atoms with Crippen molar-refractivity contribution in [1.82, 2.24) is 15.0 Å². The summed E-state index contributed by atoms with van der Waals surface area (Å²) in [5, 5.41) is 17.5. The first-order valence-electron chi connectivity index (χ1n) is 4.43. The zero-order valence-corrected chi connectivity index (χ0v) is 9.03. The highest BCUT2D eigenvalue weighted by atomic mass is 79.9. The Balaban J connectivity index is 2.33. The molecule has 1 aliphatic rings. The molecule has 2 rings (SSSR count). The van der Waals surface area contributed by atoms with Crippen LogP contribution in [0.25, 0.3) is 0 Å². The number of nitrogens with zero attached hydrogens (tertiary/aromatic N) is 3. The van der Waals surface area contributed by atoms with Gasteiger partial charge in [0, 0.05) is 13.0 Å². The fraction of sp³-hybridized carbons (Fsp3) is 0.750. The molecular weight excluding hydrogens is 234 g/mol. The standard InChI is InChI=1S/C8H12BrN3O/c1-12-7(8(9)10-11-12)5-3-2-4-6(5)13/h5-6,13H,2-4H2,1H3. The zero-order chi connectivity index (χ0) is 9.42. The van der Waals surface area contributed by atoms with Gasteiger partial charge in [0.25, 0.3) is 0 Å². The van der Waals surface area contributed by atoms with Gasteiger partial charge in [0.15, 0.2) is 4.60 Å². The minimum Gasteiger partial charge on any atom is -0.392 e. The van der Waals surface area contributed by atoms with Gasteiger partial charge in [0.1, 0.15) is 0 Å². The van der Waals surface area contributed by atoms with E-state index >= 15 is 0 Å². The maximum atomic E-state index is 9.72. The molecule has 1 saturated carbocycles. The van der Waals surface area contributed by atoms with Crippen LogP contribution in [0.2, 0.25) is 0 Å². The molecule has 2 atom stereocenters. The summed E-state index contributed by atoms with van der Waals surface area (Å²) in [4.78, 5) is 0. The van der Waals surface area contributed by atoms with Gasteiger partial charge in [-0.15, -0.1) is 5.10 Å². The molecule has 1 heterocycles. The molecule has 1 fully saturated rings. The lowest BCUT2D eigenvalue weighted by molar-refractivity contribution is 0.160. The highest BCUT2D eigenvalue weighted by Gasteiger charge is 2.31. The SMILES string of the molecule is Cn1nnc(Br)c1C1CCCC1O. The van der Waals surface area contributed by atoms with Crippen LogP contribution in [0.4, 0.5) is 0 Å². The van der Waals surface area contributed by atoms with E-state index < -0.39 is 0 Å². The smallest absolute Gasteiger partial charge is 0.151 e. The number of aryl methyl sites for hydroxylation is 1. The van der Waals surface area contributed by atoms with Gasteiger partial charge in [0.2, 0.25) is 0 Å². The van der Waals surface area contributed by atoms with Crippen LogP contribution in [0.5, 0.6) is 0 Å². The molecular formula is C8H12BrN3O. The van der Waals surface area contributed by atoms with E-state index in [9.17, 15) is 5.11 Å². The molecule has 0 radical (unpaired) electrons. The largest absolute Gasteiger partial charge is 0.392 e. The minimum absolute atomic E-state index is 0.203. The van der Waals surface area contributed by atoms with Gasteiger partial charge >= 0.3 is 0 Å². The van der Waals surface area contributed by atoms with Gasteiger partial charge in [0.05, 0.1) is 11.8 Å². The Morgan fingerprint density at radius 1 is 1.54 bits per heavy atom. The van der Waals surface area contributed by atoms with Gasteiger partial charge in [-0.25, -0.2) is 0 Å². The molecule has 0 aliphatic heterocycles. The van der Waals surface area contributed by atoms with Crippen molar-refractivity contribution in [1.29, 1.82) is 0 Å². The molecule has 0 saturated heterocycles. The van der Waals surface area contributed by atoms with E-state index in [1.807, 2.05) is 7.05 Å². The van der Waals surface area contributed by atoms with Crippen LogP contribution < -0.4 is 0 Å². The fourth-order valence-electron chi connectivity index (χ4n) is 1.99. The lowest BCUT2D eigenvalue weighted by atomic mass is 10.0. The third-order valence-corrected chi connectivity index (χ3v) is 3.22. The predicted molar refractivity (Wildman–Crippen MR) is 51.3 cm³/mol. The van der Waals surface area contributed by atoms with Crippen LogP contribution in [0, 0.1) is 0 Å². The van der Waals surface area contributed by atoms with Crippen molar-refractivity contribution >= 4 is 15.9 Å². The third kappa shape index (κ3) is 1.50. The summed E-state index contributed by atoms with van der Waals surface area (Å²) < 4.78 is 2.50. The Kier molecular flexibility index (Phi) is 2.38. The highest BCUT2D eigenvalue weighted by molar-refractivity contribution is 9.10. The predicted octanol–water partition coefficient (Wildman–Crippen LogP) is 1.21. The van der Waals surface area contributed by atoms with Crippen LogP contribution in [0.15, 0.2) is 4.60 Å². The van der Waals surface area contributed by atoms with E-state index in [0.29, 0.717) is 0 Å². The van der Waals surface area contributed by atoms with Crippen LogP contribution in [0.3, 0.4) is 0 Å². The summed E-state index contributed by atoms with van der Waals surface area (Å²) in [6.07, 6.45) is 2.78. The summed E-state index contributed by atoms with van der Waals surface area (Å²) in [5.74, 6) is 0.203. The Bertz CT molecular complexity index is 293. The maximum Gasteiger partial charge on any atom is 0.151 e. The van der Waals surface area contributed by atoms with Gasteiger partial charge in [-0.3, -0.25) is 4.68 Å². The van der Waals surface area contributed by atoms with Crippen molar-refractivity contribution in [2.24, 2.45) is 7.05 Å². The molecule has 72 valence electrons. The van der Waals surface area contributed by atoms with Crippen LogP contribution in [-0.4, -0.2) is 26.2 Å². The van der Waals surface area contributed by atoms with Gasteiger partial charge in [-0.05, 0) is 28.8 Å². The van der Waals surface area contributed by atoms with E-state index in [1.54, 1.807) is 4.68 Å². The molecule has 1 aliphatic carbocycles. The molecule has 1 N–H and O–H groups in total. The van der Waals surface area contributed by atoms with Crippen molar-refractivity contribution in [2.45, 2.75) is 31.3 Å². The Labute approximate surface area is 85.1 Å². The number of rotatable bonds is 1. The highest BCUT2D eigenvalue weighted by Crippen LogP contribution is 2.36. The molecule has 1 aromatic rings. The molecule has 13 heavy (non-hydrogen) atoms. The van der Waals surface area contributed by atoms with E-state index in [0.717, 1.165) is 29.6 Å². The van der Waals surface area contributed by atoms with Crippen LogP contribution in [0.1, 0.15) is 30.9 Å². The lowest BCUT2D eigenvalue weighted by Gasteiger charge is -2.13. The first-order valence-corrected chi connectivity index (χ1v) is 5.22. The molecule has 0 aromatic carbocycles. The second kappa shape index (κ2) is 3.38. The van der Waals surface area contributed by atoms with Crippen molar-refractivity contribution in [2.75, 3.05) is 0 Å². The molecule has 5 heteroatoms. The number of aliphatic hydroxyl groups excluding tert-OH is 1. The summed E-state index contributed by atoms with van der Waals surface area (Å²) in [7, 11) is 1.86. The average molecular weight is 246 g/mol. The topological polar surface area (TPSA) is 50.9 Å². The first-order chi connectivity index (χ1) is 6.20. The molecule has 2 unspecified atom stereocenters. The zero-order valence-electron chi connectivity index (χ0n) is 7.44. The molecule has 4 nitrogen and oxygen atoms in total. The average Bonchev–Trinajstić information content (AvgIpc) is 2.60. The van der Waals surface area contributed by atoms with Crippen molar-refractivity contribution in [3.63, 3.8) is 0 Å². The van der Waals surface area contributed by atoms with Gasteiger partial charge in [-0.2, -0.15) is 0 Å². The number of halogens is 1. The summed E-state index contributed by atoms with van der Waals surface area (Å²) >= 11 is 3.35. The Morgan fingerprint density at radius 3 is 2.77 bits per heavy atom. The summed E-state index contributed by atoms with van der Waals surface area (Å²) in [5.41, 5.74) is 1.02.